The molecule has 1 aliphatic heterocycles. The molecule has 1 aromatic carbocycles. The molecule has 0 radical (unpaired) electrons. The topological polar surface area (TPSA) is 75.2 Å². The highest BCUT2D eigenvalue weighted by atomic mass is 127. The number of hydrogen-bond donors (Lipinski definition) is 2. The van der Waals surface area contributed by atoms with Gasteiger partial charge in [-0.3, -0.25) is 4.79 Å². The molecule has 1 saturated heterocycles. The van der Waals surface area contributed by atoms with Crippen LogP contribution in [0.3, 0.4) is 0 Å². The Hall–Kier alpha value is -1.55. The summed E-state index contributed by atoms with van der Waals surface area (Å²) in [4.78, 5) is 17.7. The molecule has 0 aromatic heterocycles. The van der Waals surface area contributed by atoms with Crippen molar-refractivity contribution in [3.05, 3.63) is 29.8 Å². The van der Waals surface area contributed by atoms with Crippen molar-refractivity contribution in [3.8, 4) is 5.75 Å². The van der Waals surface area contributed by atoms with E-state index in [2.05, 4.69) is 15.6 Å². The molecule has 0 bridgehead atoms. The second-order valence-electron chi connectivity index (χ2n) is 6.46. The summed E-state index contributed by atoms with van der Waals surface area (Å²) in [7, 11) is 5.13. The number of ether oxygens (including phenoxy) is 2. The van der Waals surface area contributed by atoms with Crippen molar-refractivity contribution in [2.24, 2.45) is 4.99 Å². The molecule has 0 spiro atoms. The van der Waals surface area contributed by atoms with Gasteiger partial charge in [0.2, 0.25) is 5.91 Å². The van der Waals surface area contributed by atoms with E-state index in [-0.39, 0.29) is 42.5 Å². The lowest BCUT2D eigenvalue weighted by Crippen LogP contribution is -2.42. The van der Waals surface area contributed by atoms with Gasteiger partial charge in [-0.05, 0) is 30.9 Å². The quantitative estimate of drug-likeness (QED) is 0.330. The average Bonchev–Trinajstić information content (AvgIpc) is 3.17. The van der Waals surface area contributed by atoms with Crippen LogP contribution in [0.1, 0.15) is 18.4 Å². The molecule has 27 heavy (non-hydrogen) atoms. The minimum Gasteiger partial charge on any atom is -0.496 e. The van der Waals surface area contributed by atoms with Crippen LogP contribution < -0.4 is 15.4 Å². The van der Waals surface area contributed by atoms with E-state index in [4.69, 9.17) is 9.47 Å². The Morgan fingerprint density at radius 3 is 2.78 bits per heavy atom. The summed E-state index contributed by atoms with van der Waals surface area (Å²) < 4.78 is 11.0. The van der Waals surface area contributed by atoms with Gasteiger partial charge in [-0.25, -0.2) is 4.99 Å². The number of carbonyl (C=O) groups excluding carboxylic acids is 1. The summed E-state index contributed by atoms with van der Waals surface area (Å²) in [5.41, 5.74) is 1.13. The van der Waals surface area contributed by atoms with E-state index in [1.54, 1.807) is 21.2 Å². The van der Waals surface area contributed by atoms with Gasteiger partial charge in [0.1, 0.15) is 12.3 Å². The number of benzene rings is 1. The third-order valence-corrected chi connectivity index (χ3v) is 4.27. The number of nitrogens with zero attached hydrogens (tertiary/aromatic N) is 2. The Morgan fingerprint density at radius 1 is 1.33 bits per heavy atom. The van der Waals surface area contributed by atoms with E-state index in [1.165, 1.54) is 4.90 Å². The lowest BCUT2D eigenvalue weighted by Gasteiger charge is -2.16. The summed E-state index contributed by atoms with van der Waals surface area (Å²) in [5, 5.41) is 6.58. The molecular formula is C19H31IN4O3. The third-order valence-electron chi connectivity index (χ3n) is 4.27. The average molecular weight is 490 g/mol. The van der Waals surface area contributed by atoms with Crippen LogP contribution in [-0.4, -0.2) is 70.3 Å². The monoisotopic (exact) mass is 490 g/mol. The van der Waals surface area contributed by atoms with Gasteiger partial charge >= 0.3 is 0 Å². The predicted octanol–water partition coefficient (Wildman–Crippen LogP) is 1.66. The number of amides is 1. The zero-order valence-electron chi connectivity index (χ0n) is 16.4. The molecule has 1 unspecified atom stereocenters. The lowest BCUT2D eigenvalue weighted by molar-refractivity contribution is -0.127. The first-order valence-electron chi connectivity index (χ1n) is 9.06. The van der Waals surface area contributed by atoms with Crippen molar-refractivity contribution in [3.63, 3.8) is 0 Å². The fourth-order valence-electron chi connectivity index (χ4n) is 2.70. The van der Waals surface area contributed by atoms with Crippen LogP contribution in [-0.2, 0) is 16.0 Å². The van der Waals surface area contributed by atoms with Crippen LogP contribution in [0.4, 0.5) is 0 Å². The number of methoxy groups -OCH3 is 1. The first-order chi connectivity index (χ1) is 12.6. The molecular weight excluding hydrogens is 459 g/mol. The molecule has 8 heteroatoms. The van der Waals surface area contributed by atoms with E-state index in [1.807, 2.05) is 24.3 Å². The summed E-state index contributed by atoms with van der Waals surface area (Å²) in [6, 6.07) is 7.96. The molecule has 1 aliphatic rings. The van der Waals surface area contributed by atoms with Crippen molar-refractivity contribution >= 4 is 35.8 Å². The Labute approximate surface area is 178 Å². The minimum absolute atomic E-state index is 0. The number of carbonyl (C=O) groups is 1. The highest BCUT2D eigenvalue weighted by Crippen LogP contribution is 2.17. The van der Waals surface area contributed by atoms with Gasteiger partial charge in [-0.1, -0.05) is 18.2 Å². The predicted molar refractivity (Wildman–Crippen MR) is 118 cm³/mol. The molecule has 7 nitrogen and oxygen atoms in total. The number of nitrogens with one attached hydrogen (secondary N) is 2. The number of hydrogen-bond acceptors (Lipinski definition) is 4. The summed E-state index contributed by atoms with van der Waals surface area (Å²) in [6.45, 7) is 2.31. The largest absolute Gasteiger partial charge is 0.496 e. The van der Waals surface area contributed by atoms with E-state index in [0.717, 1.165) is 37.2 Å². The second-order valence-corrected chi connectivity index (χ2v) is 6.46. The molecule has 1 atom stereocenters. The second kappa shape index (κ2) is 12.8. The highest BCUT2D eigenvalue weighted by molar-refractivity contribution is 14.0. The van der Waals surface area contributed by atoms with Crippen LogP contribution in [0.5, 0.6) is 5.75 Å². The first-order valence-corrected chi connectivity index (χ1v) is 9.06. The molecule has 1 amide bonds. The van der Waals surface area contributed by atoms with Gasteiger partial charge in [-0.15, -0.1) is 24.0 Å². The van der Waals surface area contributed by atoms with E-state index < -0.39 is 0 Å². The molecule has 1 aromatic rings. The summed E-state index contributed by atoms with van der Waals surface area (Å²) >= 11 is 0. The number of guanidine groups is 1. The Balaban J connectivity index is 0.00000364. The van der Waals surface area contributed by atoms with Gasteiger partial charge < -0.3 is 25.0 Å². The zero-order valence-corrected chi connectivity index (χ0v) is 18.7. The van der Waals surface area contributed by atoms with Crippen molar-refractivity contribution in [2.75, 3.05) is 47.4 Å². The molecule has 0 saturated carbocycles. The lowest BCUT2D eigenvalue weighted by atomic mass is 10.1. The first kappa shape index (κ1) is 23.5. The number of aliphatic imine (C=N–C) groups is 1. The minimum atomic E-state index is -0.0343. The fourth-order valence-corrected chi connectivity index (χ4v) is 2.70. The van der Waals surface area contributed by atoms with Crippen LogP contribution in [0, 0.1) is 0 Å². The molecule has 1 fully saturated rings. The van der Waals surface area contributed by atoms with Crippen molar-refractivity contribution < 1.29 is 14.3 Å². The number of para-hydroxylation sites is 1. The zero-order chi connectivity index (χ0) is 18.8. The molecule has 1 heterocycles. The maximum absolute atomic E-state index is 11.8. The van der Waals surface area contributed by atoms with Gasteiger partial charge in [0.05, 0.1) is 13.2 Å². The van der Waals surface area contributed by atoms with E-state index in [9.17, 15) is 4.79 Å². The molecule has 2 rings (SSSR count). The van der Waals surface area contributed by atoms with Gasteiger partial charge in [0, 0.05) is 33.8 Å². The maximum atomic E-state index is 11.8. The van der Waals surface area contributed by atoms with Gasteiger partial charge in [-0.2, -0.15) is 0 Å². The fraction of sp³-hybridized carbons (Fsp3) is 0.579. The molecule has 0 aliphatic carbocycles. The normalized spacial score (nSPS) is 16.4. The molecule has 2 N–H and O–H groups in total. The SMILES string of the molecule is COc1ccccc1CCNC(=NCC(=O)N(C)C)NCC1CCCO1.I. The number of likely N-dealkylation sites (N-methyl/N-ethyl adjacent to an activating group) is 1. The highest BCUT2D eigenvalue weighted by Gasteiger charge is 2.16. The Morgan fingerprint density at radius 2 is 2.11 bits per heavy atom. The number of halogens is 1. The van der Waals surface area contributed by atoms with Crippen LogP contribution in [0.2, 0.25) is 0 Å². The van der Waals surface area contributed by atoms with Gasteiger partial charge in [0.15, 0.2) is 5.96 Å². The van der Waals surface area contributed by atoms with E-state index >= 15 is 0 Å². The van der Waals surface area contributed by atoms with Crippen LogP contribution in [0.25, 0.3) is 0 Å². The Kier molecular flexibility index (Phi) is 11.1. The summed E-state index contributed by atoms with van der Waals surface area (Å²) in [6.07, 6.45) is 3.16. The van der Waals surface area contributed by atoms with Crippen molar-refractivity contribution in [2.45, 2.75) is 25.4 Å². The Bertz CT molecular complexity index is 604. The third kappa shape index (κ3) is 8.34. The van der Waals surface area contributed by atoms with Crippen molar-refractivity contribution in [1.82, 2.24) is 15.5 Å². The van der Waals surface area contributed by atoms with Crippen LogP contribution in [0.15, 0.2) is 29.3 Å². The standard InChI is InChI=1S/C19H30N4O3.HI/c1-23(2)18(24)14-22-19(21-13-16-8-6-12-26-16)20-11-10-15-7-4-5-9-17(15)25-3;/h4-5,7,9,16H,6,8,10-14H2,1-3H3,(H2,20,21,22);1H. The van der Waals surface area contributed by atoms with Crippen LogP contribution >= 0.6 is 24.0 Å². The van der Waals surface area contributed by atoms with E-state index in [0.29, 0.717) is 19.0 Å². The molecule has 152 valence electrons. The smallest absolute Gasteiger partial charge is 0.243 e. The number of rotatable bonds is 8. The summed E-state index contributed by atoms with van der Waals surface area (Å²) in [5.74, 6) is 1.47. The van der Waals surface area contributed by atoms with Gasteiger partial charge in [0.25, 0.3) is 0 Å². The van der Waals surface area contributed by atoms with Crippen molar-refractivity contribution in [1.29, 1.82) is 0 Å². The maximum Gasteiger partial charge on any atom is 0.243 e.